The van der Waals surface area contributed by atoms with Crippen molar-refractivity contribution in [3.8, 4) is 0 Å². The van der Waals surface area contributed by atoms with Crippen molar-refractivity contribution in [3.63, 3.8) is 0 Å². The first kappa shape index (κ1) is 79.0. The molecule has 0 amide bonds. The number of alkyl halides is 21. The molecule has 0 nitrogen and oxygen atoms in total. The minimum absolute atomic E-state index is 0.174. The van der Waals surface area contributed by atoms with Crippen LogP contribution in [-0.4, -0.2) is 54.1 Å². The predicted molar refractivity (Wildman–Crippen MR) is 305 cm³/mol. The first-order valence-electron chi connectivity index (χ1n) is 34.4. The van der Waals surface area contributed by atoms with E-state index in [2.05, 4.69) is 20.8 Å². The van der Waals surface area contributed by atoms with Gasteiger partial charge in [0, 0.05) is 19.3 Å². The monoisotopic (exact) mass is 1310 g/mol. The summed E-state index contributed by atoms with van der Waals surface area (Å²) in [6.07, 6.45) is 17.2. The lowest BCUT2D eigenvalue weighted by Gasteiger charge is -2.38. The van der Waals surface area contributed by atoms with E-state index in [4.69, 9.17) is 0 Å². The van der Waals surface area contributed by atoms with E-state index < -0.39 is 73.3 Å². The highest BCUT2D eigenvalue weighted by molar-refractivity contribution is 4.95. The molecule has 0 saturated heterocycles. The summed E-state index contributed by atoms with van der Waals surface area (Å²) >= 11 is 0. The SMILES string of the molecule is CCCCC1CCC(C2CCC(CCC(F)(F)C(F)(F)C(F)(F)F)CC2)CC1.CCCCCC1CCC(C2CCC(CCC(F)(F)C(F)(F)C(F)(F)F)CC2)CC1.CCCCCCCC1CCC(C2CCC(CCC(F)(F)C(F)(F)C(F)(F)F)CC2)CC1. The van der Waals surface area contributed by atoms with Gasteiger partial charge in [-0.1, -0.05) is 181 Å². The summed E-state index contributed by atoms with van der Waals surface area (Å²) in [6, 6.07) is 0. The van der Waals surface area contributed by atoms with Gasteiger partial charge in [0.05, 0.1) is 0 Å². The molecule has 6 rings (SSSR count). The van der Waals surface area contributed by atoms with Crippen molar-refractivity contribution in [1.29, 1.82) is 0 Å². The minimum atomic E-state index is -6.22. The Balaban J connectivity index is 0.000000283. The number of unbranched alkanes of at least 4 members (excludes halogenated alkanes) is 7. The third-order valence-electron chi connectivity index (χ3n) is 22.3. The van der Waals surface area contributed by atoms with Crippen LogP contribution in [0.2, 0.25) is 0 Å². The van der Waals surface area contributed by atoms with Crippen LogP contribution in [0.3, 0.4) is 0 Å². The van der Waals surface area contributed by atoms with Crippen LogP contribution < -0.4 is 0 Å². The third-order valence-corrected chi connectivity index (χ3v) is 22.3. The Morgan fingerprint density at radius 1 is 0.205 bits per heavy atom. The number of hydrogen-bond acceptors (Lipinski definition) is 0. The zero-order valence-electron chi connectivity index (χ0n) is 52.8. The minimum Gasteiger partial charge on any atom is -0.200 e. The molecule has 0 N–H and O–H groups in total. The summed E-state index contributed by atoms with van der Waals surface area (Å²) in [7, 11) is 0. The Labute approximate surface area is 512 Å². The first-order valence-corrected chi connectivity index (χ1v) is 34.4. The van der Waals surface area contributed by atoms with Gasteiger partial charge in [0.15, 0.2) is 0 Å². The molecule has 21 heteroatoms. The van der Waals surface area contributed by atoms with Crippen LogP contribution in [0, 0.1) is 71.0 Å². The molecule has 0 aliphatic heterocycles. The van der Waals surface area contributed by atoms with Gasteiger partial charge >= 0.3 is 54.1 Å². The van der Waals surface area contributed by atoms with Crippen LogP contribution in [-0.2, 0) is 0 Å². The summed E-state index contributed by atoms with van der Waals surface area (Å²) < 4.78 is 269. The van der Waals surface area contributed by atoms with Gasteiger partial charge in [-0.25, -0.2) is 0 Å². The van der Waals surface area contributed by atoms with Crippen molar-refractivity contribution < 1.29 is 92.2 Å². The van der Waals surface area contributed by atoms with Crippen molar-refractivity contribution in [2.75, 3.05) is 0 Å². The Bertz CT molecular complexity index is 1850. The van der Waals surface area contributed by atoms with E-state index in [1.54, 1.807) is 0 Å². The van der Waals surface area contributed by atoms with Crippen LogP contribution in [0.1, 0.15) is 297 Å². The molecule has 0 unspecified atom stereocenters. The topological polar surface area (TPSA) is 0 Å². The summed E-state index contributed by atoms with van der Waals surface area (Å²) in [5, 5.41) is 0. The highest BCUT2D eigenvalue weighted by Crippen LogP contribution is 2.54. The van der Waals surface area contributed by atoms with E-state index in [0.29, 0.717) is 74.0 Å². The standard InChI is InChI=1S/C24H39F7.C22H35F7.C21H33F7/c1-2-3-4-5-6-7-18-8-12-20(13-9-18)21-14-10-19(11-15-21)16-17-22(25,26)23(27,28)24(29,30)31;1-2-3-4-5-16-6-10-18(11-7-16)19-12-8-17(9-13-19)14-15-20(23,24)21(25,26)22(27,28)29;1-2-3-4-15-5-9-17(10-6-15)18-11-7-16(8-12-18)13-14-19(22,23)20(24,25)21(26,27)28/h18-21H,2-17H2,1H3;16-19H,2-15H2,1H3;15-18H,2-14H2,1H3. The van der Waals surface area contributed by atoms with E-state index in [1.165, 1.54) is 161 Å². The first-order chi connectivity index (χ1) is 40.9. The zero-order valence-corrected chi connectivity index (χ0v) is 52.8. The molecule has 0 spiro atoms. The van der Waals surface area contributed by atoms with Crippen LogP contribution in [0.4, 0.5) is 92.2 Å². The molecule has 0 aromatic carbocycles. The maximum atomic E-state index is 13.5. The van der Waals surface area contributed by atoms with Gasteiger partial charge < -0.3 is 0 Å². The van der Waals surface area contributed by atoms with E-state index in [-0.39, 0.29) is 37.0 Å². The van der Waals surface area contributed by atoms with Crippen molar-refractivity contribution >= 4 is 0 Å². The lowest BCUT2D eigenvalue weighted by Crippen LogP contribution is -2.52. The third kappa shape index (κ3) is 23.5. The molecule has 6 aliphatic carbocycles. The summed E-state index contributed by atoms with van der Waals surface area (Å²) in [5.74, 6) is -27.4. The molecule has 522 valence electrons. The molecular weight excluding hydrogens is 1200 g/mol. The van der Waals surface area contributed by atoms with Crippen LogP contribution in [0.25, 0.3) is 0 Å². The smallest absolute Gasteiger partial charge is 0.200 e. The molecule has 6 aliphatic rings. The van der Waals surface area contributed by atoms with Crippen molar-refractivity contribution in [3.05, 3.63) is 0 Å². The molecule has 0 aromatic heterocycles. The van der Waals surface area contributed by atoms with Gasteiger partial charge in [-0.15, -0.1) is 0 Å². The normalized spacial score (nSPS) is 29.6. The lowest BCUT2D eigenvalue weighted by molar-refractivity contribution is -0.356. The van der Waals surface area contributed by atoms with Gasteiger partial charge in [-0.05, 0) is 167 Å². The molecule has 0 aromatic rings. The fourth-order valence-electron chi connectivity index (χ4n) is 16.2. The van der Waals surface area contributed by atoms with Crippen molar-refractivity contribution in [2.45, 2.75) is 351 Å². The molecular formula is C67H107F21. The average molecular weight is 1310 g/mol. The van der Waals surface area contributed by atoms with Crippen molar-refractivity contribution in [2.24, 2.45) is 71.0 Å². The van der Waals surface area contributed by atoms with Crippen molar-refractivity contribution in [1.82, 2.24) is 0 Å². The van der Waals surface area contributed by atoms with E-state index >= 15 is 0 Å². The predicted octanol–water partition coefficient (Wildman–Crippen LogP) is 26.8. The number of hydrogen-bond donors (Lipinski definition) is 0. The molecule has 6 saturated carbocycles. The Hall–Kier alpha value is -1.47. The highest BCUT2D eigenvalue weighted by Gasteiger charge is 2.74. The van der Waals surface area contributed by atoms with Gasteiger partial charge in [-0.2, -0.15) is 92.2 Å². The number of rotatable bonds is 28. The summed E-state index contributed by atoms with van der Waals surface area (Å²) in [5.41, 5.74) is 0. The molecule has 0 radical (unpaired) electrons. The number of halogens is 21. The summed E-state index contributed by atoms with van der Waals surface area (Å²) in [4.78, 5) is 0. The molecule has 88 heavy (non-hydrogen) atoms. The zero-order chi connectivity index (χ0) is 65.8. The summed E-state index contributed by atoms with van der Waals surface area (Å²) in [6.45, 7) is 6.62. The second kappa shape index (κ2) is 35.3. The maximum absolute atomic E-state index is 13.5. The van der Waals surface area contributed by atoms with E-state index in [0.717, 1.165) is 56.3 Å². The molecule has 0 atom stereocenters. The van der Waals surface area contributed by atoms with E-state index in [9.17, 15) is 92.2 Å². The Kier molecular flexibility index (Phi) is 31.7. The van der Waals surface area contributed by atoms with Gasteiger partial charge in [-0.3, -0.25) is 0 Å². The van der Waals surface area contributed by atoms with Crippen LogP contribution in [0.15, 0.2) is 0 Å². The van der Waals surface area contributed by atoms with Gasteiger partial charge in [0.2, 0.25) is 0 Å². The largest absolute Gasteiger partial charge is 0.459 e. The Morgan fingerprint density at radius 2 is 0.375 bits per heavy atom. The lowest BCUT2D eigenvalue weighted by atomic mass is 9.68. The van der Waals surface area contributed by atoms with Crippen LogP contribution >= 0.6 is 0 Å². The molecule has 0 heterocycles. The average Bonchev–Trinajstić information content (AvgIpc) is 3.45. The molecule has 0 bridgehead atoms. The van der Waals surface area contributed by atoms with Gasteiger partial charge in [0.25, 0.3) is 0 Å². The van der Waals surface area contributed by atoms with Gasteiger partial charge in [0.1, 0.15) is 0 Å². The fraction of sp³-hybridized carbons (Fsp3) is 1.00. The second-order valence-corrected chi connectivity index (χ2v) is 28.5. The van der Waals surface area contributed by atoms with Crippen LogP contribution in [0.5, 0.6) is 0 Å². The molecule has 6 fully saturated rings. The highest BCUT2D eigenvalue weighted by atomic mass is 19.4. The maximum Gasteiger partial charge on any atom is 0.459 e. The van der Waals surface area contributed by atoms with E-state index in [1.807, 2.05) is 0 Å². The second-order valence-electron chi connectivity index (χ2n) is 28.5. The quantitative estimate of drug-likeness (QED) is 0.0541. The fourth-order valence-corrected chi connectivity index (χ4v) is 16.2. The Morgan fingerprint density at radius 3 is 0.580 bits per heavy atom.